The highest BCUT2D eigenvalue weighted by molar-refractivity contribution is 5.97. The minimum atomic E-state index is -0.0704. The lowest BCUT2D eigenvalue weighted by Crippen LogP contribution is -2.34. The van der Waals surface area contributed by atoms with E-state index in [2.05, 4.69) is 51.6 Å². The van der Waals surface area contributed by atoms with E-state index in [-0.39, 0.29) is 5.91 Å². The third kappa shape index (κ3) is 3.97. The average molecular weight is 375 g/mol. The van der Waals surface area contributed by atoms with E-state index in [9.17, 15) is 4.79 Å². The summed E-state index contributed by atoms with van der Waals surface area (Å²) in [4.78, 5) is 15.1. The lowest BCUT2D eigenvalue weighted by atomic mass is 9.94. The van der Waals surface area contributed by atoms with Crippen molar-refractivity contribution in [2.45, 2.75) is 19.3 Å². The highest BCUT2D eigenvalue weighted by Crippen LogP contribution is 2.28. The van der Waals surface area contributed by atoms with Crippen LogP contribution in [0.2, 0.25) is 0 Å². The smallest absolute Gasteiger partial charge is 0.253 e. The summed E-state index contributed by atoms with van der Waals surface area (Å²) in [5.74, 6) is 0.519. The Balaban J connectivity index is 1.32. The molecule has 0 spiro atoms. The molecule has 0 aliphatic carbocycles. The Hall–Kier alpha value is -2.99. The molecular formula is C22H25N5O. The number of nitrogens with zero attached hydrogens (tertiary/aromatic N) is 4. The van der Waals surface area contributed by atoms with Gasteiger partial charge in [-0.25, -0.2) is 0 Å². The predicted octanol–water partition coefficient (Wildman–Crippen LogP) is 2.80. The van der Waals surface area contributed by atoms with Crippen LogP contribution >= 0.6 is 0 Å². The van der Waals surface area contributed by atoms with Gasteiger partial charge in [-0.3, -0.25) is 9.36 Å². The van der Waals surface area contributed by atoms with Gasteiger partial charge in [0.25, 0.3) is 5.91 Å². The van der Waals surface area contributed by atoms with E-state index in [0.29, 0.717) is 18.0 Å². The summed E-state index contributed by atoms with van der Waals surface area (Å²) in [6, 6.07) is 16.1. The quantitative estimate of drug-likeness (QED) is 0.720. The van der Waals surface area contributed by atoms with Gasteiger partial charge in [0.15, 0.2) is 0 Å². The molecule has 0 bridgehead atoms. The maximum absolute atomic E-state index is 12.7. The van der Waals surface area contributed by atoms with Crippen LogP contribution in [0.25, 0.3) is 5.69 Å². The van der Waals surface area contributed by atoms with Crippen molar-refractivity contribution in [3.8, 4) is 5.69 Å². The summed E-state index contributed by atoms with van der Waals surface area (Å²) in [7, 11) is 0. The zero-order chi connectivity index (χ0) is 19.3. The van der Waals surface area contributed by atoms with E-state index in [1.165, 1.54) is 17.5 Å². The van der Waals surface area contributed by atoms with Crippen LogP contribution in [-0.2, 0) is 0 Å². The molecule has 6 heteroatoms. The molecule has 0 saturated carbocycles. The Morgan fingerprint density at radius 3 is 2.68 bits per heavy atom. The molecule has 2 heterocycles. The molecule has 0 unspecified atom stereocenters. The fourth-order valence-corrected chi connectivity index (χ4v) is 3.97. The molecule has 3 aromatic rings. The van der Waals surface area contributed by atoms with Crippen molar-refractivity contribution in [2.75, 3.05) is 26.2 Å². The lowest BCUT2D eigenvalue weighted by Gasteiger charge is -2.18. The van der Waals surface area contributed by atoms with Crippen LogP contribution in [0.3, 0.4) is 0 Å². The summed E-state index contributed by atoms with van der Waals surface area (Å²) in [5.41, 5.74) is 4.23. The van der Waals surface area contributed by atoms with Crippen molar-refractivity contribution in [3.63, 3.8) is 0 Å². The molecular weight excluding hydrogens is 350 g/mol. The molecule has 1 aromatic heterocycles. The Kier molecular flexibility index (Phi) is 5.48. The Labute approximate surface area is 165 Å². The predicted molar refractivity (Wildman–Crippen MR) is 109 cm³/mol. The zero-order valence-electron chi connectivity index (χ0n) is 16.1. The van der Waals surface area contributed by atoms with E-state index in [0.717, 1.165) is 25.3 Å². The Morgan fingerprint density at radius 1 is 1.11 bits per heavy atom. The molecule has 1 aliphatic rings. The molecule has 1 fully saturated rings. The number of para-hydroxylation sites is 1. The maximum Gasteiger partial charge on any atom is 0.253 e. The van der Waals surface area contributed by atoms with E-state index in [1.54, 1.807) is 17.2 Å². The van der Waals surface area contributed by atoms with Crippen LogP contribution in [0.5, 0.6) is 0 Å². The van der Waals surface area contributed by atoms with E-state index >= 15 is 0 Å². The molecule has 1 N–H and O–H groups in total. The van der Waals surface area contributed by atoms with Gasteiger partial charge in [0.2, 0.25) is 0 Å². The molecule has 6 nitrogen and oxygen atoms in total. The van der Waals surface area contributed by atoms with Crippen LogP contribution in [-0.4, -0.2) is 51.8 Å². The van der Waals surface area contributed by atoms with E-state index < -0.39 is 0 Å². The number of hydrogen-bond acceptors (Lipinski definition) is 4. The van der Waals surface area contributed by atoms with Gasteiger partial charge >= 0.3 is 0 Å². The summed E-state index contributed by atoms with van der Waals surface area (Å²) in [6.07, 6.45) is 4.37. The molecule has 1 aliphatic heterocycles. The van der Waals surface area contributed by atoms with E-state index in [1.807, 2.05) is 24.3 Å². The van der Waals surface area contributed by atoms with Crippen LogP contribution < -0.4 is 5.32 Å². The number of carbonyl (C=O) groups excluding carboxylic acids is 1. The topological polar surface area (TPSA) is 63.1 Å². The molecule has 2 aromatic carbocycles. The standard InChI is InChI=1S/C22H25N5O/c1-17-6-2-3-7-19(17)18-10-12-26(14-18)13-11-23-22(28)20-8-4-5-9-21(20)27-15-24-25-16-27/h2-9,15-16,18H,10-14H2,1H3,(H,23,28)/t18-/m0/s1. The number of hydrogen-bond donors (Lipinski definition) is 1. The molecule has 1 atom stereocenters. The third-order valence-corrected chi connectivity index (χ3v) is 5.46. The minimum Gasteiger partial charge on any atom is -0.351 e. The molecule has 1 saturated heterocycles. The van der Waals surface area contributed by atoms with Gasteiger partial charge in [-0.2, -0.15) is 0 Å². The molecule has 28 heavy (non-hydrogen) atoms. The molecule has 144 valence electrons. The first-order valence-electron chi connectivity index (χ1n) is 9.72. The van der Waals surface area contributed by atoms with Crippen molar-refractivity contribution >= 4 is 5.91 Å². The van der Waals surface area contributed by atoms with Gasteiger partial charge in [0.1, 0.15) is 12.7 Å². The van der Waals surface area contributed by atoms with Crippen LogP contribution in [0.4, 0.5) is 0 Å². The number of benzene rings is 2. The number of likely N-dealkylation sites (tertiary alicyclic amines) is 1. The fourth-order valence-electron chi connectivity index (χ4n) is 3.97. The van der Waals surface area contributed by atoms with Crippen LogP contribution in [0.15, 0.2) is 61.2 Å². The molecule has 0 radical (unpaired) electrons. The van der Waals surface area contributed by atoms with Crippen LogP contribution in [0, 0.1) is 6.92 Å². The first-order chi connectivity index (χ1) is 13.7. The van der Waals surface area contributed by atoms with Gasteiger partial charge < -0.3 is 10.2 Å². The highest BCUT2D eigenvalue weighted by atomic mass is 16.1. The van der Waals surface area contributed by atoms with Gasteiger partial charge in [-0.05, 0) is 49.1 Å². The second-order valence-corrected chi connectivity index (χ2v) is 7.28. The largest absolute Gasteiger partial charge is 0.351 e. The van der Waals surface area contributed by atoms with Crippen molar-refractivity contribution in [3.05, 3.63) is 77.9 Å². The number of nitrogens with one attached hydrogen (secondary N) is 1. The number of aromatic nitrogens is 3. The molecule has 4 rings (SSSR count). The van der Waals surface area contributed by atoms with Crippen molar-refractivity contribution in [2.24, 2.45) is 0 Å². The number of rotatable bonds is 6. The van der Waals surface area contributed by atoms with Gasteiger partial charge in [-0.15, -0.1) is 10.2 Å². The normalized spacial score (nSPS) is 17.0. The second kappa shape index (κ2) is 8.35. The first kappa shape index (κ1) is 18.4. The van der Waals surface area contributed by atoms with Crippen LogP contribution in [0.1, 0.15) is 33.8 Å². The summed E-state index contributed by atoms with van der Waals surface area (Å²) >= 11 is 0. The SMILES string of the molecule is Cc1ccccc1[C@H]1CCN(CCNC(=O)c2ccccc2-n2cnnc2)C1. The highest BCUT2D eigenvalue weighted by Gasteiger charge is 2.24. The Bertz CT molecular complexity index is 938. The molecule has 1 amide bonds. The zero-order valence-corrected chi connectivity index (χ0v) is 16.1. The van der Waals surface area contributed by atoms with Crippen molar-refractivity contribution in [1.29, 1.82) is 0 Å². The first-order valence-corrected chi connectivity index (χ1v) is 9.72. The lowest BCUT2D eigenvalue weighted by molar-refractivity contribution is 0.0949. The van der Waals surface area contributed by atoms with E-state index in [4.69, 9.17) is 0 Å². The van der Waals surface area contributed by atoms with Gasteiger partial charge in [0, 0.05) is 19.6 Å². The Morgan fingerprint density at radius 2 is 1.86 bits per heavy atom. The van der Waals surface area contributed by atoms with Crippen molar-refractivity contribution < 1.29 is 4.79 Å². The average Bonchev–Trinajstić information content (AvgIpc) is 3.41. The monoisotopic (exact) mass is 375 g/mol. The summed E-state index contributed by atoms with van der Waals surface area (Å²) in [6.45, 7) is 5.81. The minimum absolute atomic E-state index is 0.0704. The number of amides is 1. The maximum atomic E-state index is 12.7. The number of aryl methyl sites for hydroxylation is 1. The van der Waals surface area contributed by atoms with Gasteiger partial charge in [0.05, 0.1) is 11.3 Å². The fraction of sp³-hybridized carbons (Fsp3) is 0.318. The van der Waals surface area contributed by atoms with Crippen molar-refractivity contribution in [1.82, 2.24) is 25.0 Å². The number of carbonyl (C=O) groups is 1. The third-order valence-electron chi connectivity index (χ3n) is 5.46. The van der Waals surface area contributed by atoms with Gasteiger partial charge in [-0.1, -0.05) is 36.4 Å². The summed E-state index contributed by atoms with van der Waals surface area (Å²) in [5, 5.41) is 10.7. The summed E-state index contributed by atoms with van der Waals surface area (Å²) < 4.78 is 1.75. The second-order valence-electron chi connectivity index (χ2n) is 7.28.